The number of hydrogen-bond donors (Lipinski definition) is 1. The number of halogens is 1. The van der Waals surface area contributed by atoms with Crippen molar-refractivity contribution < 1.29 is 4.74 Å². The minimum Gasteiger partial charge on any atom is -0.380 e. The van der Waals surface area contributed by atoms with Crippen molar-refractivity contribution in [2.45, 2.75) is 39.3 Å². The Kier molecular flexibility index (Phi) is 5.47. The van der Waals surface area contributed by atoms with Gasteiger partial charge in [0, 0.05) is 41.9 Å². The van der Waals surface area contributed by atoms with Crippen molar-refractivity contribution in [3.8, 4) is 0 Å². The molecule has 4 heteroatoms. The fourth-order valence-corrected chi connectivity index (χ4v) is 2.68. The molecule has 20 heavy (non-hydrogen) atoms. The maximum absolute atomic E-state index is 5.56. The molecule has 0 unspecified atom stereocenters. The molecule has 1 saturated heterocycles. The summed E-state index contributed by atoms with van der Waals surface area (Å²) < 4.78 is 6.70. The van der Waals surface area contributed by atoms with Crippen molar-refractivity contribution in [2.75, 3.05) is 31.2 Å². The summed E-state index contributed by atoms with van der Waals surface area (Å²) >= 11 is 3.59. The third kappa shape index (κ3) is 4.76. The number of nitrogens with zero attached hydrogens (tertiary/aromatic N) is 1. The molecule has 0 atom stereocenters. The van der Waals surface area contributed by atoms with Crippen LogP contribution in [0.15, 0.2) is 22.7 Å². The third-order valence-corrected chi connectivity index (χ3v) is 3.91. The lowest BCUT2D eigenvalue weighted by molar-refractivity contribution is 0.152. The first-order chi connectivity index (χ1) is 9.46. The Bertz CT molecular complexity index is 435. The molecule has 1 aromatic carbocycles. The van der Waals surface area contributed by atoms with E-state index in [0.717, 1.165) is 43.7 Å². The Hall–Kier alpha value is -0.580. The molecule has 0 amide bonds. The van der Waals surface area contributed by atoms with Crippen LogP contribution < -0.4 is 10.2 Å². The summed E-state index contributed by atoms with van der Waals surface area (Å²) in [5.41, 5.74) is 2.80. The average molecular weight is 341 g/mol. The number of anilines is 1. The van der Waals surface area contributed by atoms with E-state index >= 15 is 0 Å². The van der Waals surface area contributed by atoms with E-state index in [9.17, 15) is 0 Å². The number of benzene rings is 1. The monoisotopic (exact) mass is 340 g/mol. The predicted molar refractivity (Wildman–Crippen MR) is 88.4 cm³/mol. The minimum atomic E-state index is 0.131. The van der Waals surface area contributed by atoms with Crippen molar-refractivity contribution in [3.05, 3.63) is 28.2 Å². The molecule has 0 spiro atoms. The van der Waals surface area contributed by atoms with E-state index in [1.807, 2.05) is 0 Å². The van der Waals surface area contributed by atoms with Gasteiger partial charge in [0.1, 0.15) is 0 Å². The first-order valence-corrected chi connectivity index (χ1v) is 8.11. The average Bonchev–Trinajstić information content (AvgIpc) is 2.65. The largest absolute Gasteiger partial charge is 0.380 e. The number of rotatable bonds is 3. The van der Waals surface area contributed by atoms with E-state index in [1.54, 1.807) is 0 Å². The highest BCUT2D eigenvalue weighted by molar-refractivity contribution is 9.10. The predicted octanol–water partition coefficient (Wildman–Crippen LogP) is 3.56. The van der Waals surface area contributed by atoms with Crippen LogP contribution in [0, 0.1) is 0 Å². The van der Waals surface area contributed by atoms with Crippen LogP contribution in [-0.2, 0) is 11.3 Å². The Labute approximate surface area is 130 Å². The maximum atomic E-state index is 5.56. The van der Waals surface area contributed by atoms with Crippen LogP contribution in [0.5, 0.6) is 0 Å². The molecule has 0 aliphatic carbocycles. The van der Waals surface area contributed by atoms with E-state index in [1.165, 1.54) is 11.3 Å². The standard InChI is InChI=1S/C16H25BrN2O/c1-16(2,3)18-12-13-5-6-14(17)11-15(13)19-7-4-9-20-10-8-19/h5-6,11,18H,4,7-10,12H2,1-3H3. The van der Waals surface area contributed by atoms with E-state index in [4.69, 9.17) is 4.74 Å². The van der Waals surface area contributed by atoms with Crippen LogP contribution in [-0.4, -0.2) is 31.8 Å². The Morgan fingerprint density at radius 2 is 2.05 bits per heavy atom. The number of ether oxygens (including phenoxy) is 1. The van der Waals surface area contributed by atoms with Crippen molar-refractivity contribution in [1.82, 2.24) is 5.32 Å². The molecule has 1 fully saturated rings. The Morgan fingerprint density at radius 1 is 1.25 bits per heavy atom. The fourth-order valence-electron chi connectivity index (χ4n) is 2.33. The molecule has 1 N–H and O–H groups in total. The van der Waals surface area contributed by atoms with Gasteiger partial charge in [-0.05, 0) is 44.9 Å². The van der Waals surface area contributed by atoms with Crippen LogP contribution in [0.25, 0.3) is 0 Å². The van der Waals surface area contributed by atoms with Gasteiger partial charge in [-0.3, -0.25) is 0 Å². The summed E-state index contributed by atoms with van der Waals surface area (Å²) in [6.45, 7) is 11.2. The summed E-state index contributed by atoms with van der Waals surface area (Å²) in [5, 5.41) is 3.58. The third-order valence-electron chi connectivity index (χ3n) is 3.42. The van der Waals surface area contributed by atoms with Gasteiger partial charge in [-0.25, -0.2) is 0 Å². The molecule has 0 saturated carbocycles. The summed E-state index contributed by atoms with van der Waals surface area (Å²) in [6, 6.07) is 6.56. The molecule has 0 radical (unpaired) electrons. The molecule has 0 aromatic heterocycles. The number of nitrogens with one attached hydrogen (secondary N) is 1. The topological polar surface area (TPSA) is 24.5 Å². The van der Waals surface area contributed by atoms with Gasteiger partial charge in [0.25, 0.3) is 0 Å². The van der Waals surface area contributed by atoms with Gasteiger partial charge >= 0.3 is 0 Å². The van der Waals surface area contributed by atoms with Gasteiger partial charge in [-0.15, -0.1) is 0 Å². The first kappa shape index (κ1) is 15.8. The van der Waals surface area contributed by atoms with E-state index in [-0.39, 0.29) is 5.54 Å². The molecule has 0 bridgehead atoms. The SMILES string of the molecule is CC(C)(C)NCc1ccc(Br)cc1N1CCCOCC1. The van der Waals surface area contributed by atoms with Crippen LogP contribution in [0.1, 0.15) is 32.8 Å². The molecule has 1 aliphatic heterocycles. The van der Waals surface area contributed by atoms with E-state index < -0.39 is 0 Å². The molecular weight excluding hydrogens is 316 g/mol. The number of hydrogen-bond acceptors (Lipinski definition) is 3. The minimum absolute atomic E-state index is 0.131. The smallest absolute Gasteiger partial charge is 0.0641 e. The fraction of sp³-hybridized carbons (Fsp3) is 0.625. The molecule has 1 aliphatic rings. The molecule has 2 rings (SSSR count). The lowest BCUT2D eigenvalue weighted by Gasteiger charge is -2.27. The van der Waals surface area contributed by atoms with Crippen molar-refractivity contribution in [2.24, 2.45) is 0 Å². The summed E-state index contributed by atoms with van der Waals surface area (Å²) in [5.74, 6) is 0. The highest BCUT2D eigenvalue weighted by Crippen LogP contribution is 2.26. The second-order valence-corrected chi connectivity index (χ2v) is 7.25. The van der Waals surface area contributed by atoms with Crippen molar-refractivity contribution in [3.63, 3.8) is 0 Å². The highest BCUT2D eigenvalue weighted by Gasteiger charge is 2.16. The van der Waals surface area contributed by atoms with Crippen LogP contribution in [0.4, 0.5) is 5.69 Å². The van der Waals surface area contributed by atoms with Gasteiger partial charge in [-0.2, -0.15) is 0 Å². The summed E-state index contributed by atoms with van der Waals surface area (Å²) in [4.78, 5) is 2.44. The molecule has 1 aromatic rings. The van der Waals surface area contributed by atoms with Gasteiger partial charge in [0.2, 0.25) is 0 Å². The lowest BCUT2D eigenvalue weighted by Crippen LogP contribution is -2.36. The van der Waals surface area contributed by atoms with Gasteiger partial charge < -0.3 is 15.0 Å². The zero-order valence-electron chi connectivity index (χ0n) is 12.7. The zero-order chi connectivity index (χ0) is 14.6. The van der Waals surface area contributed by atoms with Gasteiger partial charge in [-0.1, -0.05) is 22.0 Å². The molecule has 112 valence electrons. The summed E-state index contributed by atoms with van der Waals surface area (Å²) in [6.07, 6.45) is 1.10. The Balaban J connectivity index is 2.18. The molecular formula is C16H25BrN2O. The van der Waals surface area contributed by atoms with Crippen LogP contribution in [0.3, 0.4) is 0 Å². The second kappa shape index (κ2) is 6.92. The summed E-state index contributed by atoms with van der Waals surface area (Å²) in [7, 11) is 0. The van der Waals surface area contributed by atoms with Gasteiger partial charge in [0.15, 0.2) is 0 Å². The lowest BCUT2D eigenvalue weighted by atomic mass is 10.1. The van der Waals surface area contributed by atoms with Crippen LogP contribution >= 0.6 is 15.9 Å². The van der Waals surface area contributed by atoms with Crippen molar-refractivity contribution >= 4 is 21.6 Å². The quantitative estimate of drug-likeness (QED) is 0.910. The normalized spacial score (nSPS) is 17.1. The molecule has 3 nitrogen and oxygen atoms in total. The molecule has 1 heterocycles. The van der Waals surface area contributed by atoms with E-state index in [0.29, 0.717) is 0 Å². The Morgan fingerprint density at radius 3 is 2.80 bits per heavy atom. The highest BCUT2D eigenvalue weighted by atomic mass is 79.9. The van der Waals surface area contributed by atoms with Crippen LogP contribution in [0.2, 0.25) is 0 Å². The first-order valence-electron chi connectivity index (χ1n) is 7.32. The maximum Gasteiger partial charge on any atom is 0.0641 e. The van der Waals surface area contributed by atoms with Crippen molar-refractivity contribution in [1.29, 1.82) is 0 Å². The van der Waals surface area contributed by atoms with Gasteiger partial charge in [0.05, 0.1) is 6.61 Å². The second-order valence-electron chi connectivity index (χ2n) is 6.33. The van der Waals surface area contributed by atoms with E-state index in [2.05, 4.69) is 65.1 Å². The zero-order valence-corrected chi connectivity index (χ0v) is 14.3.